The highest BCUT2D eigenvalue weighted by atomic mass is 32.2. The Hall–Kier alpha value is -2.00. The van der Waals surface area contributed by atoms with Crippen LogP contribution in [-0.4, -0.2) is 35.2 Å². The van der Waals surface area contributed by atoms with Crippen LogP contribution in [0.3, 0.4) is 0 Å². The molecular formula is C11H9N5O2S2. The van der Waals surface area contributed by atoms with Gasteiger partial charge < -0.3 is 5.11 Å². The topological polar surface area (TPSA) is 93.8 Å². The monoisotopic (exact) mass is 307 g/mol. The first-order chi connectivity index (χ1) is 9.58. The maximum atomic E-state index is 11.4. The number of pyridine rings is 1. The van der Waals surface area contributed by atoms with E-state index in [1.54, 1.807) is 11.7 Å². The lowest BCUT2D eigenvalue weighted by Crippen LogP contribution is -2.01. The number of aromatic nitrogens is 5. The van der Waals surface area contributed by atoms with Crippen LogP contribution in [0, 0.1) is 6.92 Å². The van der Waals surface area contributed by atoms with Crippen LogP contribution in [0.1, 0.15) is 16.1 Å². The molecule has 1 N–H and O–H groups in total. The van der Waals surface area contributed by atoms with E-state index in [4.69, 9.17) is 0 Å². The molecule has 0 bridgehead atoms. The van der Waals surface area contributed by atoms with Crippen LogP contribution < -0.4 is 0 Å². The third-order valence-electron chi connectivity index (χ3n) is 2.74. The second-order valence-electron chi connectivity index (χ2n) is 4.02. The zero-order valence-corrected chi connectivity index (χ0v) is 12.2. The van der Waals surface area contributed by atoms with Crippen molar-refractivity contribution in [1.82, 2.24) is 24.1 Å². The summed E-state index contributed by atoms with van der Waals surface area (Å²) in [5.74, 6) is -1.02. The Bertz CT molecular complexity index is 797. The van der Waals surface area contributed by atoms with Gasteiger partial charge in [0.1, 0.15) is 6.33 Å². The molecule has 0 unspecified atom stereocenters. The minimum Gasteiger partial charge on any atom is -0.478 e. The van der Waals surface area contributed by atoms with E-state index >= 15 is 0 Å². The van der Waals surface area contributed by atoms with Crippen molar-refractivity contribution in [3.8, 4) is 0 Å². The highest BCUT2D eigenvalue weighted by Gasteiger charge is 2.21. The molecule has 0 saturated carbocycles. The van der Waals surface area contributed by atoms with Gasteiger partial charge in [-0.3, -0.25) is 4.68 Å². The highest BCUT2D eigenvalue weighted by molar-refractivity contribution is 8.01. The number of rotatable bonds is 3. The number of carbonyl (C=O) groups is 1. The minimum absolute atomic E-state index is 0.147. The summed E-state index contributed by atoms with van der Waals surface area (Å²) in [7, 11) is 1.78. The van der Waals surface area contributed by atoms with Crippen molar-refractivity contribution in [2.24, 2.45) is 7.05 Å². The molecule has 3 heterocycles. The van der Waals surface area contributed by atoms with Gasteiger partial charge in [0.05, 0.1) is 16.6 Å². The molecule has 20 heavy (non-hydrogen) atoms. The predicted octanol–water partition coefficient (Wildman–Crippen LogP) is 1.98. The van der Waals surface area contributed by atoms with E-state index in [0.717, 1.165) is 11.1 Å². The summed E-state index contributed by atoms with van der Waals surface area (Å²) in [6.07, 6.45) is 2.80. The van der Waals surface area contributed by atoms with Gasteiger partial charge in [0.15, 0.2) is 9.99 Å². The molecule has 0 aliphatic carbocycles. The van der Waals surface area contributed by atoms with Crippen LogP contribution in [0.15, 0.2) is 21.8 Å². The predicted molar refractivity (Wildman–Crippen MR) is 74.2 cm³/mol. The van der Waals surface area contributed by atoms with E-state index in [2.05, 4.69) is 19.4 Å². The number of aromatic carboxylic acids is 1. The maximum absolute atomic E-state index is 11.4. The molecule has 0 aliphatic heterocycles. The van der Waals surface area contributed by atoms with Crippen molar-refractivity contribution in [3.05, 3.63) is 23.8 Å². The molecule has 0 fully saturated rings. The summed E-state index contributed by atoms with van der Waals surface area (Å²) < 4.78 is 6.25. The van der Waals surface area contributed by atoms with Crippen LogP contribution >= 0.6 is 23.3 Å². The molecule has 0 radical (unpaired) electrons. The summed E-state index contributed by atoms with van der Waals surface area (Å²) in [5, 5.41) is 14.4. The van der Waals surface area contributed by atoms with Gasteiger partial charge in [-0.25, -0.2) is 14.8 Å². The standard InChI is InChI=1S/C11H9N5O2S2/c1-5-7-8(19-11-13-4-14-20-11)6(10(17)18)3-12-9(7)16(2)15-5/h3-4H,1-2H3,(H,17,18). The van der Waals surface area contributed by atoms with E-state index in [1.165, 1.54) is 35.8 Å². The summed E-state index contributed by atoms with van der Waals surface area (Å²) in [4.78, 5) is 20.3. The van der Waals surface area contributed by atoms with Crippen LogP contribution in [0.4, 0.5) is 0 Å². The molecule has 0 spiro atoms. The third-order valence-corrected chi connectivity index (χ3v) is 4.58. The lowest BCUT2D eigenvalue weighted by atomic mass is 10.2. The van der Waals surface area contributed by atoms with Gasteiger partial charge in [0, 0.05) is 18.1 Å². The zero-order valence-electron chi connectivity index (χ0n) is 10.6. The Morgan fingerprint density at radius 1 is 1.45 bits per heavy atom. The number of nitrogens with zero attached hydrogens (tertiary/aromatic N) is 5. The molecule has 0 amide bonds. The van der Waals surface area contributed by atoms with Gasteiger partial charge in [-0.15, -0.1) is 0 Å². The molecule has 0 saturated heterocycles. The number of fused-ring (bicyclic) bond motifs is 1. The molecule has 3 aromatic rings. The first kappa shape index (κ1) is 13.0. The Labute approximate surface area is 121 Å². The molecule has 0 aromatic carbocycles. The molecule has 3 rings (SSSR count). The smallest absolute Gasteiger partial charge is 0.338 e. The first-order valence-electron chi connectivity index (χ1n) is 5.58. The van der Waals surface area contributed by atoms with Crippen molar-refractivity contribution in [3.63, 3.8) is 0 Å². The summed E-state index contributed by atoms with van der Waals surface area (Å²) in [6.45, 7) is 1.83. The van der Waals surface area contributed by atoms with E-state index < -0.39 is 5.97 Å². The number of carboxylic acids is 1. The van der Waals surface area contributed by atoms with Crippen molar-refractivity contribution < 1.29 is 9.90 Å². The fraction of sp³-hybridized carbons (Fsp3) is 0.182. The van der Waals surface area contributed by atoms with E-state index in [9.17, 15) is 9.90 Å². The molecule has 9 heteroatoms. The van der Waals surface area contributed by atoms with Crippen LogP contribution in [-0.2, 0) is 7.05 Å². The zero-order chi connectivity index (χ0) is 14.3. The second-order valence-corrected chi connectivity index (χ2v) is 6.06. The summed E-state index contributed by atoms with van der Waals surface area (Å²) in [6, 6.07) is 0. The maximum Gasteiger partial charge on any atom is 0.338 e. The lowest BCUT2D eigenvalue weighted by molar-refractivity contribution is 0.0693. The normalized spacial score (nSPS) is 11.1. The van der Waals surface area contributed by atoms with Gasteiger partial charge in [0.25, 0.3) is 0 Å². The fourth-order valence-corrected chi connectivity index (χ4v) is 3.60. The fourth-order valence-electron chi connectivity index (χ4n) is 1.93. The van der Waals surface area contributed by atoms with Gasteiger partial charge in [-0.2, -0.15) is 9.47 Å². The van der Waals surface area contributed by atoms with Crippen molar-refractivity contribution in [2.75, 3.05) is 0 Å². The highest BCUT2D eigenvalue weighted by Crippen LogP contribution is 2.37. The van der Waals surface area contributed by atoms with Gasteiger partial charge >= 0.3 is 5.97 Å². The number of hydrogen-bond acceptors (Lipinski definition) is 7. The van der Waals surface area contributed by atoms with E-state index in [-0.39, 0.29) is 5.56 Å². The number of hydrogen-bond donors (Lipinski definition) is 1. The molecule has 0 atom stereocenters. The van der Waals surface area contributed by atoms with Gasteiger partial charge in [-0.1, -0.05) is 11.8 Å². The quantitative estimate of drug-likeness (QED) is 0.790. The molecule has 7 nitrogen and oxygen atoms in total. The van der Waals surface area contributed by atoms with Crippen molar-refractivity contribution in [1.29, 1.82) is 0 Å². The van der Waals surface area contributed by atoms with Crippen molar-refractivity contribution >= 4 is 40.3 Å². The second kappa shape index (κ2) is 4.84. The van der Waals surface area contributed by atoms with Gasteiger partial charge in [0.2, 0.25) is 0 Å². The third kappa shape index (κ3) is 2.04. The van der Waals surface area contributed by atoms with Gasteiger partial charge in [-0.05, 0) is 18.5 Å². The Balaban J connectivity index is 2.29. The summed E-state index contributed by atoms with van der Waals surface area (Å²) in [5.41, 5.74) is 1.54. The first-order valence-corrected chi connectivity index (χ1v) is 7.17. The number of carboxylic acid groups (broad SMARTS) is 1. The average Bonchev–Trinajstić information content (AvgIpc) is 2.99. The Kier molecular flexibility index (Phi) is 3.14. The van der Waals surface area contributed by atoms with Crippen molar-refractivity contribution in [2.45, 2.75) is 16.2 Å². The molecule has 0 aliphatic rings. The average molecular weight is 307 g/mol. The number of aryl methyl sites for hydroxylation is 2. The van der Waals surface area contributed by atoms with Crippen LogP contribution in [0.2, 0.25) is 0 Å². The molecule has 102 valence electrons. The lowest BCUT2D eigenvalue weighted by Gasteiger charge is -2.05. The molecular weight excluding hydrogens is 298 g/mol. The SMILES string of the molecule is Cc1nn(C)c2ncc(C(=O)O)c(Sc3ncns3)c12. The summed E-state index contributed by atoms with van der Waals surface area (Å²) >= 11 is 2.50. The van der Waals surface area contributed by atoms with E-state index in [0.29, 0.717) is 14.9 Å². The minimum atomic E-state index is -1.02. The Morgan fingerprint density at radius 2 is 2.25 bits per heavy atom. The van der Waals surface area contributed by atoms with Crippen LogP contribution in [0.5, 0.6) is 0 Å². The molecule has 3 aromatic heterocycles. The van der Waals surface area contributed by atoms with Crippen LogP contribution in [0.25, 0.3) is 11.0 Å². The Morgan fingerprint density at radius 3 is 2.90 bits per heavy atom. The van der Waals surface area contributed by atoms with E-state index in [1.807, 2.05) is 6.92 Å². The largest absolute Gasteiger partial charge is 0.478 e.